The molecule has 4 rings (SSSR count). The number of hydrogen-bond donors (Lipinski definition) is 1. The smallest absolute Gasteiger partial charge is 0.325 e. The maximum absolute atomic E-state index is 13.2. The van der Waals surface area contributed by atoms with E-state index < -0.39 is 17.5 Å². The zero-order chi connectivity index (χ0) is 19.9. The SMILES string of the molecule is Cc1ccc(CN(C)C(=O)CN2C(=O)N[C@@]3(CCOc4ccccc43)C2=O)o1. The van der Waals surface area contributed by atoms with Crippen molar-refractivity contribution in [3.8, 4) is 5.75 Å². The number of fused-ring (bicyclic) bond motifs is 2. The van der Waals surface area contributed by atoms with Crippen molar-refractivity contribution in [1.82, 2.24) is 15.1 Å². The van der Waals surface area contributed by atoms with Gasteiger partial charge in [0.15, 0.2) is 5.54 Å². The predicted octanol–water partition coefficient (Wildman–Crippen LogP) is 1.78. The number of rotatable bonds is 4. The van der Waals surface area contributed by atoms with Gasteiger partial charge in [-0.05, 0) is 25.1 Å². The van der Waals surface area contributed by atoms with E-state index in [1.54, 1.807) is 31.3 Å². The third-order valence-corrected chi connectivity index (χ3v) is 5.17. The molecule has 3 heterocycles. The molecule has 0 aliphatic carbocycles. The second kappa shape index (κ2) is 6.70. The summed E-state index contributed by atoms with van der Waals surface area (Å²) in [5.74, 6) is 1.19. The topological polar surface area (TPSA) is 92.1 Å². The lowest BCUT2D eigenvalue weighted by molar-refractivity contribution is -0.139. The second-order valence-electron chi connectivity index (χ2n) is 7.08. The fourth-order valence-corrected chi connectivity index (χ4v) is 3.66. The first-order chi connectivity index (χ1) is 13.4. The van der Waals surface area contributed by atoms with Crippen LogP contribution in [0.4, 0.5) is 4.79 Å². The van der Waals surface area contributed by atoms with E-state index in [0.717, 1.165) is 10.7 Å². The molecule has 8 heteroatoms. The Morgan fingerprint density at radius 2 is 2.04 bits per heavy atom. The van der Waals surface area contributed by atoms with Crippen molar-refractivity contribution in [3.63, 3.8) is 0 Å². The molecule has 1 aromatic heterocycles. The van der Waals surface area contributed by atoms with Crippen LogP contribution in [0.1, 0.15) is 23.5 Å². The van der Waals surface area contributed by atoms with Gasteiger partial charge in [-0.1, -0.05) is 18.2 Å². The fourth-order valence-electron chi connectivity index (χ4n) is 3.66. The molecule has 0 radical (unpaired) electrons. The van der Waals surface area contributed by atoms with Crippen molar-refractivity contribution in [2.45, 2.75) is 25.4 Å². The molecule has 1 atom stereocenters. The molecule has 2 aliphatic heterocycles. The largest absolute Gasteiger partial charge is 0.493 e. The first kappa shape index (κ1) is 18.1. The Kier molecular flexibility index (Phi) is 4.33. The molecule has 28 heavy (non-hydrogen) atoms. The van der Waals surface area contributed by atoms with Crippen LogP contribution >= 0.6 is 0 Å². The highest BCUT2D eigenvalue weighted by Crippen LogP contribution is 2.40. The summed E-state index contributed by atoms with van der Waals surface area (Å²) >= 11 is 0. The molecule has 146 valence electrons. The maximum Gasteiger partial charge on any atom is 0.325 e. The highest BCUT2D eigenvalue weighted by atomic mass is 16.5. The van der Waals surface area contributed by atoms with Crippen LogP contribution in [0.2, 0.25) is 0 Å². The molecule has 1 saturated heterocycles. The van der Waals surface area contributed by atoms with Crippen LogP contribution in [0.25, 0.3) is 0 Å². The fraction of sp³-hybridized carbons (Fsp3) is 0.350. The Morgan fingerprint density at radius 1 is 1.25 bits per heavy atom. The number of ether oxygens (including phenoxy) is 1. The van der Waals surface area contributed by atoms with Crippen molar-refractivity contribution in [1.29, 1.82) is 0 Å². The van der Waals surface area contributed by atoms with E-state index in [1.165, 1.54) is 4.90 Å². The normalized spacial score (nSPS) is 20.7. The number of hydrogen-bond acceptors (Lipinski definition) is 5. The lowest BCUT2D eigenvalue weighted by Gasteiger charge is -2.33. The predicted molar refractivity (Wildman–Crippen MR) is 98.4 cm³/mol. The number of nitrogens with zero attached hydrogens (tertiary/aromatic N) is 2. The first-order valence-electron chi connectivity index (χ1n) is 9.06. The van der Waals surface area contributed by atoms with E-state index in [4.69, 9.17) is 9.15 Å². The highest BCUT2D eigenvalue weighted by Gasteiger charge is 2.55. The Bertz CT molecular complexity index is 953. The Hall–Kier alpha value is -3.29. The van der Waals surface area contributed by atoms with Crippen LogP contribution in [-0.4, -0.2) is 47.8 Å². The number of urea groups is 1. The number of amides is 4. The molecule has 4 amide bonds. The Balaban J connectivity index is 1.51. The molecule has 1 N–H and O–H groups in total. The number of imide groups is 1. The highest BCUT2D eigenvalue weighted by molar-refractivity contribution is 6.09. The van der Waals surface area contributed by atoms with E-state index in [-0.39, 0.29) is 19.0 Å². The number of para-hydroxylation sites is 1. The maximum atomic E-state index is 13.2. The molecule has 1 spiro atoms. The van der Waals surface area contributed by atoms with Crippen molar-refractivity contribution in [2.24, 2.45) is 0 Å². The molecule has 0 bridgehead atoms. The summed E-state index contributed by atoms with van der Waals surface area (Å²) in [5.41, 5.74) is -0.558. The minimum Gasteiger partial charge on any atom is -0.493 e. The van der Waals surface area contributed by atoms with Crippen molar-refractivity contribution < 1.29 is 23.5 Å². The van der Waals surface area contributed by atoms with Crippen LogP contribution in [0.15, 0.2) is 40.8 Å². The summed E-state index contributed by atoms with van der Waals surface area (Å²) in [6, 6.07) is 10.2. The summed E-state index contributed by atoms with van der Waals surface area (Å²) in [4.78, 5) is 40.7. The van der Waals surface area contributed by atoms with Gasteiger partial charge >= 0.3 is 6.03 Å². The van der Waals surface area contributed by atoms with Crippen molar-refractivity contribution >= 4 is 17.8 Å². The number of likely N-dealkylation sites (N-methyl/N-ethyl adjacent to an activating group) is 1. The van der Waals surface area contributed by atoms with Gasteiger partial charge in [0.1, 0.15) is 23.8 Å². The van der Waals surface area contributed by atoms with Crippen LogP contribution in [-0.2, 0) is 21.7 Å². The van der Waals surface area contributed by atoms with Gasteiger partial charge in [0.2, 0.25) is 5.91 Å². The lowest BCUT2D eigenvalue weighted by Crippen LogP contribution is -2.48. The average Bonchev–Trinajstić information content (AvgIpc) is 3.18. The van der Waals surface area contributed by atoms with Gasteiger partial charge in [0.25, 0.3) is 5.91 Å². The second-order valence-corrected chi connectivity index (χ2v) is 7.08. The summed E-state index contributed by atoms with van der Waals surface area (Å²) in [7, 11) is 1.61. The molecular formula is C20H21N3O5. The van der Waals surface area contributed by atoms with E-state index in [2.05, 4.69) is 5.32 Å². The first-order valence-corrected chi connectivity index (χ1v) is 9.06. The zero-order valence-electron chi connectivity index (χ0n) is 15.7. The van der Waals surface area contributed by atoms with Crippen LogP contribution < -0.4 is 10.1 Å². The van der Waals surface area contributed by atoms with E-state index >= 15 is 0 Å². The van der Waals surface area contributed by atoms with Crippen molar-refractivity contribution in [2.75, 3.05) is 20.2 Å². The van der Waals surface area contributed by atoms with Gasteiger partial charge in [-0.15, -0.1) is 0 Å². The molecular weight excluding hydrogens is 362 g/mol. The number of carbonyl (C=O) groups is 3. The van der Waals surface area contributed by atoms with Crippen LogP contribution in [0.3, 0.4) is 0 Å². The number of aryl methyl sites for hydroxylation is 1. The molecule has 2 aromatic rings. The van der Waals surface area contributed by atoms with E-state index in [0.29, 0.717) is 30.1 Å². The summed E-state index contributed by atoms with van der Waals surface area (Å²) in [6.45, 7) is 2.07. The van der Waals surface area contributed by atoms with E-state index in [9.17, 15) is 14.4 Å². The molecule has 2 aliphatic rings. The quantitative estimate of drug-likeness (QED) is 0.813. The van der Waals surface area contributed by atoms with Gasteiger partial charge in [0.05, 0.1) is 13.2 Å². The van der Waals surface area contributed by atoms with Gasteiger partial charge in [-0.25, -0.2) is 4.79 Å². The number of carbonyl (C=O) groups excluding carboxylic acids is 3. The van der Waals surface area contributed by atoms with Gasteiger partial charge < -0.3 is 19.4 Å². The summed E-state index contributed by atoms with van der Waals surface area (Å²) in [5, 5.41) is 2.79. The van der Waals surface area contributed by atoms with Gasteiger partial charge in [0, 0.05) is 19.0 Å². The molecule has 1 fully saturated rings. The molecule has 0 saturated carbocycles. The molecule has 0 unspecified atom stereocenters. The monoisotopic (exact) mass is 383 g/mol. The Labute approximate surface area is 162 Å². The minimum absolute atomic E-state index is 0.262. The molecule has 1 aromatic carbocycles. The number of nitrogens with one attached hydrogen (secondary N) is 1. The van der Waals surface area contributed by atoms with Crippen LogP contribution in [0, 0.1) is 6.92 Å². The Morgan fingerprint density at radius 3 is 2.79 bits per heavy atom. The minimum atomic E-state index is -1.18. The van der Waals surface area contributed by atoms with E-state index in [1.807, 2.05) is 19.1 Å². The number of furan rings is 1. The lowest BCUT2D eigenvalue weighted by atomic mass is 9.84. The standard InChI is InChI=1S/C20H21N3O5/c1-13-7-8-14(28-13)11-22(2)17(24)12-23-18(25)20(21-19(23)26)9-10-27-16-6-4-3-5-15(16)20/h3-8H,9-12H2,1-2H3,(H,21,26)/t20-/m1/s1. The van der Waals surface area contributed by atoms with Gasteiger partial charge in [-0.3, -0.25) is 14.5 Å². The van der Waals surface area contributed by atoms with Crippen molar-refractivity contribution in [3.05, 3.63) is 53.5 Å². The zero-order valence-corrected chi connectivity index (χ0v) is 15.7. The molecule has 8 nitrogen and oxygen atoms in total. The average molecular weight is 383 g/mol. The number of benzene rings is 1. The third kappa shape index (κ3) is 2.90. The summed E-state index contributed by atoms with van der Waals surface area (Å²) < 4.78 is 11.1. The van der Waals surface area contributed by atoms with Crippen LogP contribution in [0.5, 0.6) is 5.75 Å². The summed E-state index contributed by atoms with van der Waals surface area (Å²) in [6.07, 6.45) is 0.320. The third-order valence-electron chi connectivity index (χ3n) is 5.17. The van der Waals surface area contributed by atoms with Gasteiger partial charge in [-0.2, -0.15) is 0 Å².